The highest BCUT2D eigenvalue weighted by Crippen LogP contribution is 2.32. The average Bonchev–Trinajstić information content (AvgIpc) is 3.11. The molecule has 0 bridgehead atoms. The normalized spacial score (nSPS) is 17.0. The van der Waals surface area contributed by atoms with Gasteiger partial charge in [-0.25, -0.2) is 8.42 Å². The SMILES string of the molecule is CCCC(C)(N)C(=O)Nc1ccc(OCC)c(S(=O)(=O)N2CCCC2)c1.Cl. The van der Waals surface area contributed by atoms with Gasteiger partial charge in [0.05, 0.1) is 12.1 Å². The first-order chi connectivity index (χ1) is 12.2. The highest BCUT2D eigenvalue weighted by Gasteiger charge is 2.31. The maximum Gasteiger partial charge on any atom is 0.246 e. The van der Waals surface area contributed by atoms with Crippen LogP contribution in [0, 0.1) is 0 Å². The first-order valence-corrected chi connectivity index (χ1v) is 10.5. The summed E-state index contributed by atoms with van der Waals surface area (Å²) in [5, 5.41) is 2.74. The standard InChI is InChI=1S/C18H29N3O4S.ClH/c1-4-10-18(3,19)17(22)20-14-8-9-15(25-5-2)16(13-14)26(23,24)21-11-6-7-12-21;/h8-9,13H,4-7,10-12,19H2,1-3H3,(H,20,22);1H. The number of carbonyl (C=O) groups is 1. The number of halogens is 1. The van der Waals surface area contributed by atoms with Gasteiger partial charge in [-0.05, 0) is 51.3 Å². The van der Waals surface area contributed by atoms with Crippen molar-refractivity contribution in [1.29, 1.82) is 0 Å². The molecule has 1 amide bonds. The number of hydrogen-bond donors (Lipinski definition) is 2. The van der Waals surface area contributed by atoms with Gasteiger partial charge >= 0.3 is 0 Å². The zero-order valence-electron chi connectivity index (χ0n) is 16.2. The van der Waals surface area contributed by atoms with Crippen LogP contribution in [0.25, 0.3) is 0 Å². The van der Waals surface area contributed by atoms with Crippen molar-refractivity contribution >= 4 is 34.0 Å². The van der Waals surface area contributed by atoms with Crippen molar-refractivity contribution in [3.63, 3.8) is 0 Å². The van der Waals surface area contributed by atoms with Gasteiger partial charge in [-0.3, -0.25) is 4.79 Å². The van der Waals surface area contributed by atoms with E-state index in [9.17, 15) is 13.2 Å². The molecule has 0 spiro atoms. The molecule has 27 heavy (non-hydrogen) atoms. The van der Waals surface area contributed by atoms with Crippen molar-refractivity contribution < 1.29 is 17.9 Å². The molecular weight excluding hydrogens is 390 g/mol. The molecule has 1 aliphatic rings. The van der Waals surface area contributed by atoms with Gasteiger partial charge in [0, 0.05) is 18.8 Å². The van der Waals surface area contributed by atoms with Gasteiger partial charge in [-0.15, -0.1) is 12.4 Å². The fourth-order valence-electron chi connectivity index (χ4n) is 3.04. The number of amides is 1. The van der Waals surface area contributed by atoms with E-state index >= 15 is 0 Å². The molecule has 1 aromatic rings. The van der Waals surface area contributed by atoms with E-state index in [2.05, 4.69) is 5.32 Å². The average molecular weight is 420 g/mol. The van der Waals surface area contributed by atoms with Crippen LogP contribution in [0.1, 0.15) is 46.5 Å². The topological polar surface area (TPSA) is 102 Å². The van der Waals surface area contributed by atoms with Crippen LogP contribution in [0.15, 0.2) is 23.1 Å². The van der Waals surface area contributed by atoms with Crippen LogP contribution in [0.4, 0.5) is 5.69 Å². The summed E-state index contributed by atoms with van der Waals surface area (Å²) in [5.41, 5.74) is 5.44. The molecule has 1 heterocycles. The first-order valence-electron chi connectivity index (χ1n) is 9.09. The Bertz CT molecular complexity index is 747. The third-order valence-electron chi connectivity index (χ3n) is 4.47. The van der Waals surface area contributed by atoms with E-state index < -0.39 is 15.6 Å². The Kier molecular flexibility index (Phi) is 8.53. The second kappa shape index (κ2) is 9.73. The number of nitrogens with zero attached hydrogens (tertiary/aromatic N) is 1. The molecule has 1 fully saturated rings. The maximum atomic E-state index is 13.0. The number of benzene rings is 1. The predicted molar refractivity (Wildman–Crippen MR) is 109 cm³/mol. The van der Waals surface area contributed by atoms with Gasteiger partial charge < -0.3 is 15.8 Å². The lowest BCUT2D eigenvalue weighted by Gasteiger charge is -2.23. The van der Waals surface area contributed by atoms with Crippen LogP contribution in [-0.2, 0) is 14.8 Å². The molecular formula is C18H30ClN3O4S. The Morgan fingerprint density at radius 3 is 2.48 bits per heavy atom. The molecule has 1 aliphatic heterocycles. The summed E-state index contributed by atoms with van der Waals surface area (Å²) in [4.78, 5) is 12.5. The smallest absolute Gasteiger partial charge is 0.246 e. The van der Waals surface area contributed by atoms with Crippen molar-refractivity contribution in [2.75, 3.05) is 25.0 Å². The predicted octanol–water partition coefficient (Wildman–Crippen LogP) is 2.75. The summed E-state index contributed by atoms with van der Waals surface area (Å²) in [6.45, 7) is 6.78. The molecule has 1 atom stereocenters. The minimum absolute atomic E-state index is 0. The Balaban J connectivity index is 0.00000364. The van der Waals surface area contributed by atoms with E-state index in [1.165, 1.54) is 10.4 Å². The Morgan fingerprint density at radius 1 is 1.30 bits per heavy atom. The van der Waals surface area contributed by atoms with E-state index in [0.717, 1.165) is 19.3 Å². The van der Waals surface area contributed by atoms with Gasteiger partial charge in [0.25, 0.3) is 0 Å². The Hall–Kier alpha value is -1.35. The van der Waals surface area contributed by atoms with E-state index in [-0.39, 0.29) is 23.2 Å². The summed E-state index contributed by atoms with van der Waals surface area (Å²) >= 11 is 0. The number of sulfonamides is 1. The quantitative estimate of drug-likeness (QED) is 0.674. The van der Waals surface area contributed by atoms with Crippen LogP contribution in [0.3, 0.4) is 0 Å². The summed E-state index contributed by atoms with van der Waals surface area (Å²) in [5.74, 6) is -0.0468. The summed E-state index contributed by atoms with van der Waals surface area (Å²) < 4.78 is 32.9. The Morgan fingerprint density at radius 2 is 1.93 bits per heavy atom. The second-order valence-electron chi connectivity index (χ2n) is 6.83. The van der Waals surface area contributed by atoms with Crippen LogP contribution < -0.4 is 15.8 Å². The number of carbonyl (C=O) groups excluding carboxylic acids is 1. The summed E-state index contributed by atoms with van der Waals surface area (Å²) in [7, 11) is -3.67. The van der Waals surface area contributed by atoms with Gasteiger partial charge in [-0.2, -0.15) is 4.31 Å². The van der Waals surface area contributed by atoms with Crippen molar-refractivity contribution in [3.05, 3.63) is 18.2 Å². The van der Waals surface area contributed by atoms with Crippen molar-refractivity contribution in [2.45, 2.75) is 56.9 Å². The first kappa shape index (κ1) is 23.7. The number of rotatable bonds is 8. The van der Waals surface area contributed by atoms with Crippen molar-refractivity contribution in [1.82, 2.24) is 4.31 Å². The molecule has 3 N–H and O–H groups in total. The molecule has 154 valence electrons. The van der Waals surface area contributed by atoms with Gasteiger partial charge in [0.2, 0.25) is 15.9 Å². The van der Waals surface area contributed by atoms with Crippen LogP contribution in [0.2, 0.25) is 0 Å². The van der Waals surface area contributed by atoms with Crippen LogP contribution in [0.5, 0.6) is 5.75 Å². The van der Waals surface area contributed by atoms with E-state index in [1.54, 1.807) is 26.0 Å². The number of anilines is 1. The third kappa shape index (κ3) is 5.57. The van der Waals surface area contributed by atoms with E-state index in [4.69, 9.17) is 10.5 Å². The third-order valence-corrected chi connectivity index (χ3v) is 6.39. The highest BCUT2D eigenvalue weighted by atomic mass is 35.5. The monoisotopic (exact) mass is 419 g/mol. The molecule has 1 aromatic carbocycles. The number of nitrogens with one attached hydrogen (secondary N) is 1. The zero-order valence-corrected chi connectivity index (χ0v) is 17.8. The molecule has 0 aliphatic carbocycles. The molecule has 0 saturated carbocycles. The number of nitrogens with two attached hydrogens (primary N) is 1. The minimum atomic E-state index is -3.67. The Labute approximate surface area is 168 Å². The lowest BCUT2D eigenvalue weighted by molar-refractivity contribution is -0.120. The summed E-state index contributed by atoms with van der Waals surface area (Å²) in [6, 6.07) is 4.67. The van der Waals surface area contributed by atoms with Gasteiger partial charge in [0.15, 0.2) is 0 Å². The van der Waals surface area contributed by atoms with Crippen molar-refractivity contribution in [3.8, 4) is 5.75 Å². The fraction of sp³-hybridized carbons (Fsp3) is 0.611. The molecule has 0 aromatic heterocycles. The fourth-order valence-corrected chi connectivity index (χ4v) is 4.71. The molecule has 7 nitrogen and oxygen atoms in total. The maximum absolute atomic E-state index is 13.0. The van der Waals surface area contributed by atoms with Gasteiger partial charge in [-0.1, -0.05) is 13.3 Å². The summed E-state index contributed by atoms with van der Waals surface area (Å²) in [6.07, 6.45) is 3.01. The second-order valence-corrected chi connectivity index (χ2v) is 8.73. The number of ether oxygens (including phenoxy) is 1. The molecule has 2 rings (SSSR count). The molecule has 0 radical (unpaired) electrons. The lowest BCUT2D eigenvalue weighted by Crippen LogP contribution is -2.48. The van der Waals surface area contributed by atoms with Crippen LogP contribution in [-0.4, -0.2) is 43.9 Å². The largest absolute Gasteiger partial charge is 0.492 e. The van der Waals surface area contributed by atoms with Crippen LogP contribution >= 0.6 is 12.4 Å². The molecule has 1 saturated heterocycles. The van der Waals surface area contributed by atoms with Gasteiger partial charge in [0.1, 0.15) is 10.6 Å². The van der Waals surface area contributed by atoms with Crippen molar-refractivity contribution in [2.24, 2.45) is 5.73 Å². The lowest BCUT2D eigenvalue weighted by atomic mass is 9.96. The van der Waals surface area contributed by atoms with E-state index in [0.29, 0.717) is 37.6 Å². The van der Waals surface area contributed by atoms with E-state index in [1.807, 2.05) is 6.92 Å². The number of hydrogen-bond acceptors (Lipinski definition) is 5. The molecule has 9 heteroatoms. The molecule has 1 unspecified atom stereocenters. The highest BCUT2D eigenvalue weighted by molar-refractivity contribution is 7.89. The zero-order chi connectivity index (χ0) is 19.4. The minimum Gasteiger partial charge on any atom is -0.492 e.